The SMILES string of the molecule is CN1C(CCCO[Si](C)(C)C(C)(C)C)=[N+](C)[C@@H](c2ccccc2)[C@@H]1c1ccccc1. The lowest BCUT2D eigenvalue weighted by Crippen LogP contribution is -2.41. The Morgan fingerprint density at radius 2 is 1.47 bits per heavy atom. The zero-order chi connectivity index (χ0) is 21.9. The number of benzene rings is 2. The van der Waals surface area contributed by atoms with Crippen molar-refractivity contribution >= 4 is 14.2 Å². The van der Waals surface area contributed by atoms with E-state index in [0.29, 0.717) is 12.1 Å². The summed E-state index contributed by atoms with van der Waals surface area (Å²) < 4.78 is 8.92. The Labute approximate surface area is 184 Å². The van der Waals surface area contributed by atoms with Crippen molar-refractivity contribution in [3.63, 3.8) is 0 Å². The van der Waals surface area contributed by atoms with Gasteiger partial charge in [-0.3, -0.25) is 9.48 Å². The molecular formula is C26H39N2OSi+. The van der Waals surface area contributed by atoms with Crippen LogP contribution in [0.5, 0.6) is 0 Å². The summed E-state index contributed by atoms with van der Waals surface area (Å²) >= 11 is 0. The van der Waals surface area contributed by atoms with Crippen LogP contribution < -0.4 is 0 Å². The standard InChI is InChI=1S/C26H39N2OSi/c1-26(2,3)30(6,7)29-20-14-19-23-27(4)24(21-15-10-8-11-16-21)25(28(23)5)22-17-12-9-13-18-22/h8-13,15-18,24-25H,14,19-20H2,1-7H3/q+1/t24-,25-/m0/s1. The molecule has 0 N–H and O–H groups in total. The van der Waals surface area contributed by atoms with Crippen molar-refractivity contribution in [1.82, 2.24) is 4.90 Å². The molecule has 0 radical (unpaired) electrons. The molecule has 2 aromatic carbocycles. The van der Waals surface area contributed by atoms with E-state index in [1.807, 2.05) is 0 Å². The molecule has 162 valence electrons. The third-order valence-corrected chi connectivity index (χ3v) is 11.6. The first-order valence-corrected chi connectivity index (χ1v) is 14.1. The van der Waals surface area contributed by atoms with Gasteiger partial charge in [0, 0.05) is 17.7 Å². The highest BCUT2D eigenvalue weighted by molar-refractivity contribution is 6.74. The average Bonchev–Trinajstić information content (AvgIpc) is 2.96. The second kappa shape index (κ2) is 9.07. The number of hydrogen-bond donors (Lipinski definition) is 0. The Kier molecular flexibility index (Phi) is 6.88. The molecule has 2 aromatic rings. The number of rotatable bonds is 7. The van der Waals surface area contributed by atoms with Crippen LogP contribution in [-0.2, 0) is 4.43 Å². The highest BCUT2D eigenvalue weighted by Crippen LogP contribution is 2.41. The fourth-order valence-corrected chi connectivity index (χ4v) is 5.32. The minimum absolute atomic E-state index is 0.262. The summed E-state index contributed by atoms with van der Waals surface area (Å²) in [7, 11) is 2.82. The van der Waals surface area contributed by atoms with Gasteiger partial charge in [0.25, 0.3) is 0 Å². The van der Waals surface area contributed by atoms with E-state index >= 15 is 0 Å². The molecule has 0 fully saturated rings. The van der Waals surface area contributed by atoms with Crippen LogP contribution in [0.25, 0.3) is 0 Å². The van der Waals surface area contributed by atoms with Gasteiger partial charge in [-0.1, -0.05) is 81.4 Å². The largest absolute Gasteiger partial charge is 0.417 e. The van der Waals surface area contributed by atoms with E-state index in [1.54, 1.807) is 0 Å². The van der Waals surface area contributed by atoms with E-state index in [1.165, 1.54) is 17.0 Å². The van der Waals surface area contributed by atoms with Crippen LogP contribution in [0.2, 0.25) is 18.1 Å². The van der Waals surface area contributed by atoms with Gasteiger partial charge in [0.15, 0.2) is 20.4 Å². The predicted octanol–water partition coefficient (Wildman–Crippen LogP) is 6.26. The molecule has 0 saturated heterocycles. The molecule has 0 amide bonds. The van der Waals surface area contributed by atoms with Gasteiger partial charge < -0.3 is 4.43 Å². The van der Waals surface area contributed by atoms with Crippen LogP contribution >= 0.6 is 0 Å². The normalized spacial score (nSPS) is 20.2. The van der Waals surface area contributed by atoms with Crippen molar-refractivity contribution < 1.29 is 9.00 Å². The summed E-state index contributed by atoms with van der Waals surface area (Å²) in [5.41, 5.74) is 2.74. The summed E-state index contributed by atoms with van der Waals surface area (Å²) in [5.74, 6) is 1.40. The van der Waals surface area contributed by atoms with E-state index < -0.39 is 8.32 Å². The van der Waals surface area contributed by atoms with E-state index in [2.05, 4.69) is 118 Å². The van der Waals surface area contributed by atoms with Crippen molar-refractivity contribution in [3.05, 3.63) is 71.8 Å². The lowest BCUT2D eigenvalue weighted by Gasteiger charge is -2.36. The number of hydrogen-bond acceptors (Lipinski definition) is 2. The molecule has 0 bridgehead atoms. The van der Waals surface area contributed by atoms with Gasteiger partial charge in [-0.05, 0) is 24.6 Å². The molecule has 0 spiro atoms. The zero-order valence-corrected chi connectivity index (χ0v) is 20.9. The van der Waals surface area contributed by atoms with Crippen molar-refractivity contribution in [2.75, 3.05) is 20.7 Å². The van der Waals surface area contributed by atoms with Crippen LogP contribution in [0.15, 0.2) is 60.7 Å². The Morgan fingerprint density at radius 1 is 0.933 bits per heavy atom. The summed E-state index contributed by atoms with van der Waals surface area (Å²) in [6.45, 7) is 12.4. The van der Waals surface area contributed by atoms with Crippen molar-refractivity contribution in [1.29, 1.82) is 0 Å². The third kappa shape index (κ3) is 4.70. The maximum atomic E-state index is 6.44. The maximum Gasteiger partial charge on any atom is 0.247 e. The minimum atomic E-state index is -1.68. The lowest BCUT2D eigenvalue weighted by molar-refractivity contribution is -0.539. The fraction of sp³-hybridized carbons (Fsp3) is 0.500. The van der Waals surface area contributed by atoms with Crippen molar-refractivity contribution in [2.45, 2.75) is 63.8 Å². The van der Waals surface area contributed by atoms with E-state index in [4.69, 9.17) is 4.43 Å². The molecule has 0 aromatic heterocycles. The van der Waals surface area contributed by atoms with Gasteiger partial charge in [0.05, 0.1) is 20.5 Å². The van der Waals surface area contributed by atoms with Crippen LogP contribution in [0, 0.1) is 0 Å². The molecule has 1 aliphatic rings. The fourth-order valence-electron chi connectivity index (χ4n) is 4.23. The quantitative estimate of drug-likeness (QED) is 0.297. The summed E-state index contributed by atoms with van der Waals surface area (Å²) in [6.07, 6.45) is 2.09. The Balaban J connectivity index is 1.79. The first-order chi connectivity index (χ1) is 14.1. The monoisotopic (exact) mass is 423 g/mol. The number of nitrogens with zero attached hydrogens (tertiary/aromatic N) is 2. The highest BCUT2D eigenvalue weighted by Gasteiger charge is 2.45. The minimum Gasteiger partial charge on any atom is -0.417 e. The zero-order valence-electron chi connectivity index (χ0n) is 19.9. The highest BCUT2D eigenvalue weighted by atomic mass is 28.4. The van der Waals surface area contributed by atoms with Gasteiger partial charge in [-0.25, -0.2) is 0 Å². The first-order valence-electron chi connectivity index (χ1n) is 11.2. The molecule has 2 atom stereocenters. The molecular weight excluding hydrogens is 384 g/mol. The number of amidine groups is 1. The van der Waals surface area contributed by atoms with Gasteiger partial charge in [0.1, 0.15) is 0 Å². The van der Waals surface area contributed by atoms with Gasteiger partial charge in [0.2, 0.25) is 5.84 Å². The Bertz CT molecular complexity index is 856. The molecule has 3 nitrogen and oxygen atoms in total. The van der Waals surface area contributed by atoms with Gasteiger partial charge >= 0.3 is 0 Å². The van der Waals surface area contributed by atoms with Crippen LogP contribution in [0.1, 0.15) is 56.8 Å². The molecule has 3 rings (SSSR count). The summed E-state index contributed by atoms with van der Waals surface area (Å²) in [4.78, 5) is 2.49. The van der Waals surface area contributed by atoms with Crippen molar-refractivity contribution in [3.8, 4) is 0 Å². The van der Waals surface area contributed by atoms with Crippen LogP contribution in [0.3, 0.4) is 0 Å². The molecule has 1 aliphatic heterocycles. The maximum absolute atomic E-state index is 6.44. The smallest absolute Gasteiger partial charge is 0.247 e. The summed E-state index contributed by atoms with van der Waals surface area (Å²) in [5, 5.41) is 0.262. The first kappa shape index (κ1) is 22.8. The van der Waals surface area contributed by atoms with Crippen molar-refractivity contribution in [2.24, 2.45) is 0 Å². The number of likely N-dealkylation sites (N-methyl/N-ethyl adjacent to an activating group) is 2. The molecule has 0 aliphatic carbocycles. The lowest BCUT2D eigenvalue weighted by atomic mass is 9.93. The Morgan fingerprint density at radius 3 is 2.00 bits per heavy atom. The van der Waals surface area contributed by atoms with Crippen LogP contribution in [0.4, 0.5) is 0 Å². The molecule has 30 heavy (non-hydrogen) atoms. The molecule has 0 unspecified atom stereocenters. The predicted molar refractivity (Wildman–Crippen MR) is 130 cm³/mol. The molecule has 4 heteroatoms. The summed E-state index contributed by atoms with van der Waals surface area (Å²) in [6, 6.07) is 22.5. The second-order valence-corrected chi connectivity index (χ2v) is 14.9. The van der Waals surface area contributed by atoms with Gasteiger partial charge in [-0.2, -0.15) is 0 Å². The second-order valence-electron chi connectivity index (χ2n) is 10.1. The van der Waals surface area contributed by atoms with E-state index in [0.717, 1.165) is 19.4 Å². The molecule has 0 saturated carbocycles. The third-order valence-electron chi connectivity index (χ3n) is 7.04. The van der Waals surface area contributed by atoms with E-state index in [-0.39, 0.29) is 5.04 Å². The molecule has 1 heterocycles. The average molecular weight is 424 g/mol. The Hall–Kier alpha value is -1.91. The van der Waals surface area contributed by atoms with Crippen LogP contribution in [-0.4, -0.2) is 44.3 Å². The van der Waals surface area contributed by atoms with E-state index in [9.17, 15) is 0 Å². The topological polar surface area (TPSA) is 15.5 Å². The van der Waals surface area contributed by atoms with Gasteiger partial charge in [-0.15, -0.1) is 0 Å².